The number of hydrogen-bond acceptors (Lipinski definition) is 5. The number of nitrogens with two attached hydrogens (primary N) is 1. The second kappa shape index (κ2) is 9.86. The van der Waals surface area contributed by atoms with Crippen LogP contribution in [0.2, 0.25) is 0 Å². The number of benzene rings is 2. The van der Waals surface area contributed by atoms with Crippen molar-refractivity contribution in [3.8, 4) is 11.5 Å². The maximum absolute atomic E-state index is 12.9. The molecule has 0 atom stereocenters. The van der Waals surface area contributed by atoms with E-state index >= 15 is 0 Å². The molecule has 0 bridgehead atoms. The van der Waals surface area contributed by atoms with Crippen LogP contribution in [0.3, 0.4) is 0 Å². The van der Waals surface area contributed by atoms with Crippen molar-refractivity contribution in [2.24, 2.45) is 0 Å². The molecule has 1 aromatic heterocycles. The lowest BCUT2D eigenvalue weighted by molar-refractivity contribution is -0.137. The van der Waals surface area contributed by atoms with E-state index in [0.717, 1.165) is 12.1 Å². The summed E-state index contributed by atoms with van der Waals surface area (Å²) >= 11 is 0. The van der Waals surface area contributed by atoms with E-state index < -0.39 is 17.6 Å². The molecule has 0 saturated carbocycles. The number of alkyl halides is 3. The highest BCUT2D eigenvalue weighted by Gasteiger charge is 2.31. The molecule has 0 aliphatic rings. The highest BCUT2D eigenvalue weighted by atomic mass is 19.4. The lowest BCUT2D eigenvalue weighted by Gasteiger charge is -2.10. The molecule has 0 aliphatic carbocycles. The van der Waals surface area contributed by atoms with Gasteiger partial charge in [-0.2, -0.15) is 13.2 Å². The Kier molecular flexibility index (Phi) is 6.97. The lowest BCUT2D eigenvalue weighted by atomic mass is 10.1. The summed E-state index contributed by atoms with van der Waals surface area (Å²) in [5, 5.41) is 4.83. The van der Waals surface area contributed by atoms with E-state index in [4.69, 9.17) is 10.5 Å². The molecule has 0 radical (unpaired) electrons. The Morgan fingerprint density at radius 2 is 1.82 bits per heavy atom. The third kappa shape index (κ3) is 6.57. The largest absolute Gasteiger partial charge is 0.457 e. The number of nitrogens with one attached hydrogen (secondary N) is 2. The van der Waals surface area contributed by atoms with Gasteiger partial charge < -0.3 is 21.1 Å². The van der Waals surface area contributed by atoms with Gasteiger partial charge in [-0.3, -0.25) is 14.6 Å². The van der Waals surface area contributed by atoms with Crippen LogP contribution in [-0.2, 0) is 11.0 Å². The second-order valence-electron chi connectivity index (χ2n) is 6.79. The lowest BCUT2D eigenvalue weighted by Crippen LogP contribution is -2.18. The molecule has 0 fully saturated rings. The molecule has 0 unspecified atom stereocenters. The molecule has 3 rings (SSSR count). The molecule has 0 spiro atoms. The Hall–Kier alpha value is -4.34. The summed E-state index contributed by atoms with van der Waals surface area (Å²) in [6, 6.07) is 12.6. The van der Waals surface area contributed by atoms with Gasteiger partial charge in [0.15, 0.2) is 0 Å². The molecular formula is C23H19F3N4O3. The van der Waals surface area contributed by atoms with E-state index in [1.807, 2.05) is 0 Å². The zero-order chi connectivity index (χ0) is 24.0. The van der Waals surface area contributed by atoms with E-state index in [-0.39, 0.29) is 23.0 Å². The zero-order valence-corrected chi connectivity index (χ0v) is 17.3. The number of rotatable bonds is 6. The van der Waals surface area contributed by atoms with Gasteiger partial charge in [0.2, 0.25) is 5.91 Å². The van der Waals surface area contributed by atoms with E-state index in [1.165, 1.54) is 37.5 Å². The minimum absolute atomic E-state index is 0.0707. The number of hydrogen-bond donors (Lipinski definition) is 3. The quantitative estimate of drug-likeness (QED) is 0.374. The molecule has 3 aromatic rings. The van der Waals surface area contributed by atoms with Crippen molar-refractivity contribution >= 4 is 29.3 Å². The van der Waals surface area contributed by atoms with Crippen LogP contribution in [0.25, 0.3) is 6.08 Å². The maximum atomic E-state index is 12.9. The maximum Gasteiger partial charge on any atom is 0.416 e. The Bertz CT molecular complexity index is 1210. The van der Waals surface area contributed by atoms with E-state index in [0.29, 0.717) is 17.1 Å². The first-order valence-electron chi connectivity index (χ1n) is 9.57. The van der Waals surface area contributed by atoms with E-state index in [9.17, 15) is 22.8 Å². The summed E-state index contributed by atoms with van der Waals surface area (Å²) in [4.78, 5) is 27.8. The first-order chi connectivity index (χ1) is 15.6. The van der Waals surface area contributed by atoms with Crippen molar-refractivity contribution in [3.05, 3.63) is 83.7 Å². The van der Waals surface area contributed by atoms with Gasteiger partial charge in [-0.15, -0.1) is 0 Å². The fourth-order valence-corrected chi connectivity index (χ4v) is 2.79. The normalized spacial score (nSPS) is 11.3. The second-order valence-corrected chi connectivity index (χ2v) is 6.79. The van der Waals surface area contributed by atoms with Crippen molar-refractivity contribution in [1.82, 2.24) is 10.3 Å². The van der Waals surface area contributed by atoms with E-state index in [1.54, 1.807) is 30.3 Å². The van der Waals surface area contributed by atoms with Crippen LogP contribution in [0.15, 0.2) is 66.9 Å². The minimum Gasteiger partial charge on any atom is -0.457 e. The smallest absolute Gasteiger partial charge is 0.416 e. The van der Waals surface area contributed by atoms with Crippen LogP contribution < -0.4 is 21.1 Å². The first kappa shape index (κ1) is 23.3. The molecule has 170 valence electrons. The number of anilines is 2. The number of ether oxygens (including phenoxy) is 1. The average Bonchev–Trinajstić information content (AvgIpc) is 2.76. The van der Waals surface area contributed by atoms with Crippen LogP contribution in [0, 0.1) is 0 Å². The number of carbonyl (C=O) groups excluding carboxylic acids is 2. The van der Waals surface area contributed by atoms with Gasteiger partial charge in [0.05, 0.1) is 5.56 Å². The summed E-state index contributed by atoms with van der Waals surface area (Å²) < 4.78 is 44.5. The number of nitrogens with zero attached hydrogens (tertiary/aromatic N) is 1. The Morgan fingerprint density at radius 1 is 1.06 bits per heavy atom. The minimum atomic E-state index is -4.58. The Morgan fingerprint density at radius 3 is 2.55 bits per heavy atom. The van der Waals surface area contributed by atoms with Gasteiger partial charge in [-0.05, 0) is 48.0 Å². The van der Waals surface area contributed by atoms with Gasteiger partial charge in [-0.25, -0.2) is 0 Å². The molecule has 2 amide bonds. The molecular weight excluding hydrogens is 437 g/mol. The summed E-state index contributed by atoms with van der Waals surface area (Å²) in [5.74, 6) is -0.156. The molecule has 0 aliphatic heterocycles. The summed E-state index contributed by atoms with van der Waals surface area (Å²) in [6.07, 6.45) is -0.497. The van der Waals surface area contributed by atoms with Gasteiger partial charge in [0.25, 0.3) is 5.91 Å². The van der Waals surface area contributed by atoms with E-state index in [2.05, 4.69) is 15.6 Å². The zero-order valence-electron chi connectivity index (χ0n) is 17.3. The summed E-state index contributed by atoms with van der Waals surface area (Å²) in [7, 11) is 1.49. The number of aromatic nitrogens is 1. The molecule has 33 heavy (non-hydrogen) atoms. The SMILES string of the molecule is CNC(=O)c1cc(Oc2cccc(C=CC(=O)Nc3cc(N)cc(C(F)(F)F)c3)c2)ccn1. The van der Waals surface area contributed by atoms with Gasteiger partial charge in [0, 0.05) is 36.8 Å². The van der Waals surface area contributed by atoms with Crippen molar-refractivity contribution in [2.75, 3.05) is 18.1 Å². The molecule has 2 aromatic carbocycles. The topological polar surface area (TPSA) is 106 Å². The monoisotopic (exact) mass is 456 g/mol. The van der Waals surface area contributed by atoms with Crippen molar-refractivity contribution < 1.29 is 27.5 Å². The highest BCUT2D eigenvalue weighted by molar-refractivity contribution is 6.02. The number of nitrogen functional groups attached to an aromatic ring is 1. The number of pyridine rings is 1. The fourth-order valence-electron chi connectivity index (χ4n) is 2.79. The third-order valence-electron chi connectivity index (χ3n) is 4.26. The average molecular weight is 456 g/mol. The fraction of sp³-hybridized carbons (Fsp3) is 0.0870. The van der Waals surface area contributed by atoms with Gasteiger partial charge in [-0.1, -0.05) is 12.1 Å². The Labute approximate surface area is 187 Å². The van der Waals surface area contributed by atoms with Crippen molar-refractivity contribution in [1.29, 1.82) is 0 Å². The molecule has 10 heteroatoms. The number of carbonyl (C=O) groups is 2. The van der Waals surface area contributed by atoms with Crippen LogP contribution in [0.5, 0.6) is 11.5 Å². The molecule has 7 nitrogen and oxygen atoms in total. The van der Waals surface area contributed by atoms with Crippen LogP contribution in [-0.4, -0.2) is 23.8 Å². The van der Waals surface area contributed by atoms with Crippen LogP contribution >= 0.6 is 0 Å². The van der Waals surface area contributed by atoms with Gasteiger partial charge >= 0.3 is 6.18 Å². The van der Waals surface area contributed by atoms with Crippen molar-refractivity contribution in [2.45, 2.75) is 6.18 Å². The van der Waals surface area contributed by atoms with Crippen LogP contribution in [0.1, 0.15) is 21.6 Å². The molecule has 0 saturated heterocycles. The standard InChI is InChI=1S/C23H19F3N4O3/c1-28-22(32)20-13-19(7-8-29-20)33-18-4-2-3-14(9-18)5-6-21(31)30-17-11-15(23(24,25)26)10-16(27)12-17/h2-13H,27H2,1H3,(H,28,32)(H,30,31). The number of amides is 2. The number of halogens is 3. The van der Waals surface area contributed by atoms with Gasteiger partial charge in [0.1, 0.15) is 17.2 Å². The molecule has 4 N–H and O–H groups in total. The summed E-state index contributed by atoms with van der Waals surface area (Å²) in [6.45, 7) is 0. The predicted molar refractivity (Wildman–Crippen MR) is 118 cm³/mol. The Balaban J connectivity index is 1.69. The summed E-state index contributed by atoms with van der Waals surface area (Å²) in [5.41, 5.74) is 5.15. The van der Waals surface area contributed by atoms with Crippen LogP contribution in [0.4, 0.5) is 24.5 Å². The third-order valence-corrected chi connectivity index (χ3v) is 4.26. The highest BCUT2D eigenvalue weighted by Crippen LogP contribution is 2.32. The van der Waals surface area contributed by atoms with Crippen molar-refractivity contribution in [3.63, 3.8) is 0 Å². The predicted octanol–water partition coefficient (Wildman–Crippen LogP) is 4.49. The first-order valence-corrected chi connectivity index (χ1v) is 9.57. The molecule has 1 heterocycles.